The van der Waals surface area contributed by atoms with E-state index in [0.717, 1.165) is 0 Å². The van der Waals surface area contributed by atoms with Crippen LogP contribution in [0.3, 0.4) is 0 Å². The number of aliphatic hydroxyl groups excluding tert-OH is 1. The number of methoxy groups -OCH3 is 2. The van der Waals surface area contributed by atoms with Gasteiger partial charge >= 0.3 is 0 Å². The zero-order valence-corrected chi connectivity index (χ0v) is 15.7. The highest BCUT2D eigenvalue weighted by atomic mass is 35.5. The van der Waals surface area contributed by atoms with Crippen molar-refractivity contribution in [1.82, 2.24) is 4.72 Å². The van der Waals surface area contributed by atoms with Gasteiger partial charge in [0.15, 0.2) is 11.5 Å². The Labute approximate surface area is 152 Å². The Morgan fingerprint density at radius 3 is 2.44 bits per heavy atom. The smallest absolute Gasteiger partial charge is 0.240 e. The molecule has 2 N–H and O–H groups in total. The molecule has 136 valence electrons. The Hall–Kier alpha value is -1.80. The van der Waals surface area contributed by atoms with Crippen LogP contribution in [0.25, 0.3) is 0 Å². The van der Waals surface area contributed by atoms with Crippen molar-refractivity contribution in [3.63, 3.8) is 0 Å². The second-order valence-corrected chi connectivity index (χ2v) is 7.56. The van der Waals surface area contributed by atoms with E-state index >= 15 is 0 Å². The Balaban J connectivity index is 2.16. The summed E-state index contributed by atoms with van der Waals surface area (Å²) < 4.78 is 37.6. The molecule has 6 nitrogen and oxygen atoms in total. The van der Waals surface area contributed by atoms with E-state index in [4.69, 9.17) is 21.1 Å². The molecule has 0 amide bonds. The van der Waals surface area contributed by atoms with Crippen LogP contribution in [0, 0.1) is 6.92 Å². The maximum absolute atomic E-state index is 12.4. The molecule has 2 aromatic carbocycles. The van der Waals surface area contributed by atoms with Crippen molar-refractivity contribution in [2.24, 2.45) is 0 Å². The molecule has 2 rings (SSSR count). The molecule has 8 heteroatoms. The summed E-state index contributed by atoms with van der Waals surface area (Å²) >= 11 is 5.88. The van der Waals surface area contributed by atoms with Crippen molar-refractivity contribution in [3.8, 4) is 11.5 Å². The van der Waals surface area contributed by atoms with Gasteiger partial charge in [-0.15, -0.1) is 0 Å². The summed E-state index contributed by atoms with van der Waals surface area (Å²) in [6, 6.07) is 9.51. The van der Waals surface area contributed by atoms with E-state index in [2.05, 4.69) is 4.72 Å². The van der Waals surface area contributed by atoms with Crippen molar-refractivity contribution in [3.05, 3.63) is 52.5 Å². The van der Waals surface area contributed by atoms with Gasteiger partial charge in [-0.2, -0.15) is 0 Å². The van der Waals surface area contributed by atoms with Crippen molar-refractivity contribution in [2.45, 2.75) is 17.9 Å². The molecule has 0 saturated carbocycles. The molecule has 1 unspecified atom stereocenters. The molecule has 0 heterocycles. The fourth-order valence-corrected chi connectivity index (χ4v) is 3.85. The molecule has 0 aromatic heterocycles. The quantitative estimate of drug-likeness (QED) is 0.765. The molecule has 0 radical (unpaired) electrons. The average molecular weight is 386 g/mol. The summed E-state index contributed by atoms with van der Waals surface area (Å²) in [4.78, 5) is 0.0829. The first-order valence-electron chi connectivity index (χ1n) is 7.44. The predicted molar refractivity (Wildman–Crippen MR) is 95.9 cm³/mol. The zero-order valence-electron chi connectivity index (χ0n) is 14.1. The van der Waals surface area contributed by atoms with Gasteiger partial charge in [0.2, 0.25) is 10.0 Å². The topological polar surface area (TPSA) is 84.9 Å². The summed E-state index contributed by atoms with van der Waals surface area (Å²) in [6.07, 6.45) is -1.05. The van der Waals surface area contributed by atoms with Crippen LogP contribution in [0.15, 0.2) is 41.3 Å². The summed E-state index contributed by atoms with van der Waals surface area (Å²) in [5, 5.41) is 10.6. The normalized spacial score (nSPS) is 12.7. The number of ether oxygens (including phenoxy) is 2. The number of aryl methyl sites for hydroxylation is 1. The van der Waals surface area contributed by atoms with E-state index in [1.54, 1.807) is 37.3 Å². The van der Waals surface area contributed by atoms with Crippen molar-refractivity contribution >= 4 is 21.6 Å². The molecule has 2 aromatic rings. The van der Waals surface area contributed by atoms with E-state index in [0.29, 0.717) is 27.6 Å². The first kappa shape index (κ1) is 19.5. The van der Waals surface area contributed by atoms with Crippen LogP contribution >= 0.6 is 11.6 Å². The molecule has 1 atom stereocenters. The number of halogens is 1. The maximum atomic E-state index is 12.4. The second-order valence-electron chi connectivity index (χ2n) is 5.39. The fourth-order valence-electron chi connectivity index (χ4n) is 2.31. The van der Waals surface area contributed by atoms with Gasteiger partial charge < -0.3 is 14.6 Å². The van der Waals surface area contributed by atoms with Crippen molar-refractivity contribution in [1.29, 1.82) is 0 Å². The van der Waals surface area contributed by atoms with Gasteiger partial charge in [0.25, 0.3) is 0 Å². The third-order valence-electron chi connectivity index (χ3n) is 3.70. The Morgan fingerprint density at radius 1 is 1.12 bits per heavy atom. The van der Waals surface area contributed by atoms with Crippen molar-refractivity contribution in [2.75, 3.05) is 20.8 Å². The summed E-state index contributed by atoms with van der Waals surface area (Å²) in [7, 11) is -0.801. The molecule has 0 spiro atoms. The van der Waals surface area contributed by atoms with Gasteiger partial charge in [0.1, 0.15) is 0 Å². The number of rotatable bonds is 7. The molecule has 0 saturated heterocycles. The molecule has 0 aliphatic carbocycles. The zero-order chi connectivity index (χ0) is 18.6. The summed E-state index contributed by atoms with van der Waals surface area (Å²) in [6.45, 7) is 1.49. The first-order chi connectivity index (χ1) is 11.8. The number of nitrogens with one attached hydrogen (secondary N) is 1. The minimum Gasteiger partial charge on any atom is -0.493 e. The van der Waals surface area contributed by atoms with Crippen LogP contribution in [0.4, 0.5) is 0 Å². The highest BCUT2D eigenvalue weighted by Crippen LogP contribution is 2.30. The molecule has 25 heavy (non-hydrogen) atoms. The van der Waals surface area contributed by atoms with Crippen LogP contribution < -0.4 is 14.2 Å². The molecule has 0 fully saturated rings. The first-order valence-corrected chi connectivity index (χ1v) is 9.30. The van der Waals surface area contributed by atoms with Crippen LogP contribution in [0.2, 0.25) is 5.02 Å². The minimum absolute atomic E-state index is 0.0829. The predicted octanol–water partition coefficient (Wildman–Crippen LogP) is 2.68. The lowest BCUT2D eigenvalue weighted by Gasteiger charge is -2.16. The van der Waals surface area contributed by atoms with E-state index in [-0.39, 0.29) is 11.4 Å². The van der Waals surface area contributed by atoms with Crippen molar-refractivity contribution < 1.29 is 23.0 Å². The number of hydrogen-bond donors (Lipinski definition) is 2. The van der Waals surface area contributed by atoms with Gasteiger partial charge in [-0.3, -0.25) is 0 Å². The second kappa shape index (κ2) is 8.05. The molecule has 0 bridgehead atoms. The lowest BCUT2D eigenvalue weighted by atomic mass is 10.1. The van der Waals surface area contributed by atoms with E-state index < -0.39 is 16.1 Å². The lowest BCUT2D eigenvalue weighted by molar-refractivity contribution is 0.181. The van der Waals surface area contributed by atoms with Crippen LogP contribution in [-0.4, -0.2) is 34.3 Å². The number of hydrogen-bond acceptors (Lipinski definition) is 5. The molecular formula is C17H20ClNO5S. The van der Waals surface area contributed by atoms with Gasteiger partial charge in [-0.05, 0) is 42.3 Å². The van der Waals surface area contributed by atoms with Gasteiger partial charge in [-0.1, -0.05) is 23.7 Å². The third-order valence-corrected chi connectivity index (χ3v) is 5.50. The summed E-state index contributed by atoms with van der Waals surface area (Å²) in [5.41, 5.74) is 1.07. The molecule has 0 aliphatic rings. The lowest BCUT2D eigenvalue weighted by Crippen LogP contribution is -2.29. The van der Waals surface area contributed by atoms with Crippen LogP contribution in [-0.2, 0) is 10.0 Å². The van der Waals surface area contributed by atoms with Crippen LogP contribution in [0.5, 0.6) is 11.5 Å². The highest BCUT2D eigenvalue weighted by molar-refractivity contribution is 7.89. The van der Waals surface area contributed by atoms with Gasteiger partial charge in [-0.25, -0.2) is 13.1 Å². The van der Waals surface area contributed by atoms with Crippen LogP contribution in [0.1, 0.15) is 17.2 Å². The summed E-state index contributed by atoms with van der Waals surface area (Å²) in [5.74, 6) is 0.973. The molecule has 0 aliphatic heterocycles. The Kier molecular flexibility index (Phi) is 6.29. The average Bonchev–Trinajstić information content (AvgIpc) is 2.61. The number of sulfonamides is 1. The van der Waals surface area contributed by atoms with E-state index in [9.17, 15) is 13.5 Å². The number of aliphatic hydroxyl groups is 1. The fraction of sp³-hybridized carbons (Fsp3) is 0.294. The Bertz CT molecular complexity index is 854. The largest absolute Gasteiger partial charge is 0.493 e. The third kappa shape index (κ3) is 4.64. The van der Waals surface area contributed by atoms with E-state index in [1.165, 1.54) is 20.3 Å². The van der Waals surface area contributed by atoms with Gasteiger partial charge in [0, 0.05) is 11.6 Å². The SMILES string of the molecule is COc1ccc(C(O)CNS(=O)(=O)c2cc(Cl)ccc2C)cc1OC. The maximum Gasteiger partial charge on any atom is 0.240 e. The number of benzene rings is 2. The standard InChI is InChI=1S/C17H20ClNO5S/c1-11-4-6-13(18)9-17(11)25(21,22)19-10-14(20)12-5-7-15(23-2)16(8-12)24-3/h4-9,14,19-20H,10H2,1-3H3. The van der Waals surface area contributed by atoms with Gasteiger partial charge in [0.05, 0.1) is 25.2 Å². The monoisotopic (exact) mass is 385 g/mol. The minimum atomic E-state index is -3.80. The van der Waals surface area contributed by atoms with E-state index in [1.807, 2.05) is 0 Å². The Morgan fingerprint density at radius 2 is 1.80 bits per heavy atom. The molecular weight excluding hydrogens is 366 g/mol. The highest BCUT2D eigenvalue weighted by Gasteiger charge is 2.20.